The van der Waals surface area contributed by atoms with Crippen LogP contribution in [0, 0.1) is 5.82 Å². The number of hydrogen-bond donors (Lipinski definition) is 1. The Kier molecular flexibility index (Phi) is 5.48. The summed E-state index contributed by atoms with van der Waals surface area (Å²) in [6, 6.07) is 10.5. The average Bonchev–Trinajstić information content (AvgIpc) is 2.68. The molecule has 1 aliphatic rings. The van der Waals surface area contributed by atoms with Gasteiger partial charge < -0.3 is 19.7 Å². The fourth-order valence-electron chi connectivity index (χ4n) is 2.72. The third-order valence-electron chi connectivity index (χ3n) is 4.11. The van der Waals surface area contributed by atoms with Crippen LogP contribution in [0.15, 0.2) is 42.5 Å². The maximum absolute atomic E-state index is 13.8. The van der Waals surface area contributed by atoms with Crippen LogP contribution in [0.25, 0.3) is 0 Å². The highest BCUT2D eigenvalue weighted by atomic mass is 19.1. The molecule has 26 heavy (non-hydrogen) atoms. The Morgan fingerprint density at radius 1 is 1.15 bits per heavy atom. The minimum absolute atomic E-state index is 0.0838. The molecule has 1 N–H and O–H groups in total. The van der Waals surface area contributed by atoms with Crippen molar-refractivity contribution >= 4 is 17.5 Å². The molecule has 0 bridgehead atoms. The van der Waals surface area contributed by atoms with Crippen LogP contribution in [-0.4, -0.2) is 50.1 Å². The van der Waals surface area contributed by atoms with Gasteiger partial charge in [-0.1, -0.05) is 12.1 Å². The molecule has 0 aromatic heterocycles. The van der Waals surface area contributed by atoms with Gasteiger partial charge in [-0.15, -0.1) is 0 Å². The zero-order valence-electron chi connectivity index (χ0n) is 14.3. The van der Waals surface area contributed by atoms with Crippen molar-refractivity contribution in [3.8, 4) is 5.75 Å². The minimum Gasteiger partial charge on any atom is -0.495 e. The quantitative estimate of drug-likeness (QED) is 0.912. The van der Waals surface area contributed by atoms with E-state index in [1.54, 1.807) is 23.1 Å². The van der Waals surface area contributed by atoms with Gasteiger partial charge in [0.25, 0.3) is 11.8 Å². The highest BCUT2D eigenvalue weighted by Crippen LogP contribution is 2.27. The van der Waals surface area contributed by atoms with Crippen molar-refractivity contribution in [2.75, 3.05) is 38.7 Å². The smallest absolute Gasteiger partial charge is 0.258 e. The molecule has 0 unspecified atom stereocenters. The summed E-state index contributed by atoms with van der Waals surface area (Å²) >= 11 is 0. The normalized spacial score (nSPS) is 14.0. The summed E-state index contributed by atoms with van der Waals surface area (Å²) in [5.74, 6) is -1.01. The van der Waals surface area contributed by atoms with Crippen molar-refractivity contribution in [1.29, 1.82) is 0 Å². The van der Waals surface area contributed by atoms with Crippen LogP contribution >= 0.6 is 0 Å². The van der Waals surface area contributed by atoms with Gasteiger partial charge in [0.05, 0.1) is 31.6 Å². The van der Waals surface area contributed by atoms with E-state index in [1.807, 2.05) is 0 Å². The third-order valence-corrected chi connectivity index (χ3v) is 4.11. The van der Waals surface area contributed by atoms with E-state index in [1.165, 1.54) is 31.4 Å². The molecule has 136 valence electrons. The van der Waals surface area contributed by atoms with Gasteiger partial charge in [-0.2, -0.15) is 0 Å². The van der Waals surface area contributed by atoms with Crippen LogP contribution in [-0.2, 0) is 4.74 Å². The Morgan fingerprint density at radius 2 is 1.88 bits per heavy atom. The average molecular weight is 358 g/mol. The lowest BCUT2D eigenvalue weighted by atomic mass is 10.1. The molecule has 0 atom stereocenters. The fraction of sp³-hybridized carbons (Fsp3) is 0.263. The minimum atomic E-state index is -0.621. The number of ether oxygens (including phenoxy) is 2. The molecule has 2 aromatic carbocycles. The number of morpholine rings is 1. The Hall–Kier alpha value is -2.93. The van der Waals surface area contributed by atoms with Crippen LogP contribution in [0.5, 0.6) is 5.75 Å². The van der Waals surface area contributed by atoms with E-state index < -0.39 is 11.7 Å². The number of halogens is 1. The fourth-order valence-corrected chi connectivity index (χ4v) is 2.72. The zero-order chi connectivity index (χ0) is 18.5. The molecule has 0 aliphatic carbocycles. The molecule has 1 aliphatic heterocycles. The molecule has 1 fully saturated rings. The highest BCUT2D eigenvalue weighted by molar-refractivity contribution is 6.06. The first-order valence-corrected chi connectivity index (χ1v) is 8.21. The van der Waals surface area contributed by atoms with Crippen molar-refractivity contribution in [3.05, 3.63) is 59.4 Å². The maximum atomic E-state index is 13.8. The molecule has 1 heterocycles. The summed E-state index contributed by atoms with van der Waals surface area (Å²) in [5.41, 5.74) is 0.635. The van der Waals surface area contributed by atoms with E-state index in [2.05, 4.69) is 5.32 Å². The number of nitrogens with one attached hydrogen (secondary N) is 1. The summed E-state index contributed by atoms with van der Waals surface area (Å²) in [6.07, 6.45) is 0. The van der Waals surface area contributed by atoms with Crippen LogP contribution in [0.2, 0.25) is 0 Å². The molecule has 2 aromatic rings. The highest BCUT2D eigenvalue weighted by Gasteiger charge is 2.21. The number of carbonyl (C=O) groups excluding carboxylic acids is 2. The number of methoxy groups -OCH3 is 1. The molecule has 0 saturated carbocycles. The molecular formula is C19H19FN2O4. The van der Waals surface area contributed by atoms with Crippen LogP contribution in [0.1, 0.15) is 20.7 Å². The van der Waals surface area contributed by atoms with Crippen molar-refractivity contribution in [2.45, 2.75) is 0 Å². The number of benzene rings is 2. The Balaban J connectivity index is 1.84. The van der Waals surface area contributed by atoms with Crippen molar-refractivity contribution in [1.82, 2.24) is 4.90 Å². The molecule has 0 radical (unpaired) electrons. The lowest BCUT2D eigenvalue weighted by Gasteiger charge is -2.27. The first-order chi connectivity index (χ1) is 12.6. The second-order valence-corrected chi connectivity index (χ2v) is 5.75. The van der Waals surface area contributed by atoms with E-state index in [9.17, 15) is 14.0 Å². The van der Waals surface area contributed by atoms with E-state index in [0.29, 0.717) is 43.3 Å². The molecule has 1 saturated heterocycles. The first kappa shape index (κ1) is 17.9. The second kappa shape index (κ2) is 7.97. The summed E-state index contributed by atoms with van der Waals surface area (Å²) in [6.45, 7) is 2.03. The van der Waals surface area contributed by atoms with Crippen LogP contribution < -0.4 is 10.1 Å². The SMILES string of the molecule is COc1ccc(C(=O)N2CCOCC2)cc1NC(=O)c1ccccc1F. The lowest BCUT2D eigenvalue weighted by Crippen LogP contribution is -2.40. The number of rotatable bonds is 4. The molecule has 2 amide bonds. The monoisotopic (exact) mass is 358 g/mol. The van der Waals surface area contributed by atoms with E-state index >= 15 is 0 Å². The number of anilines is 1. The van der Waals surface area contributed by atoms with Gasteiger partial charge >= 0.3 is 0 Å². The third kappa shape index (κ3) is 3.83. The Morgan fingerprint density at radius 3 is 2.58 bits per heavy atom. The molecule has 6 nitrogen and oxygen atoms in total. The Labute approximate surface area is 150 Å². The summed E-state index contributed by atoms with van der Waals surface area (Å²) in [4.78, 5) is 26.7. The van der Waals surface area contributed by atoms with Gasteiger partial charge in [-0.25, -0.2) is 4.39 Å². The van der Waals surface area contributed by atoms with Gasteiger partial charge in [0.2, 0.25) is 0 Å². The molecule has 3 rings (SSSR count). The van der Waals surface area contributed by atoms with Gasteiger partial charge in [0, 0.05) is 18.7 Å². The van der Waals surface area contributed by atoms with E-state index in [4.69, 9.17) is 9.47 Å². The second-order valence-electron chi connectivity index (χ2n) is 5.75. The summed E-state index contributed by atoms with van der Waals surface area (Å²) in [7, 11) is 1.46. The van der Waals surface area contributed by atoms with Gasteiger partial charge in [-0.3, -0.25) is 9.59 Å². The molecule has 7 heteroatoms. The van der Waals surface area contributed by atoms with Crippen molar-refractivity contribution in [3.63, 3.8) is 0 Å². The van der Waals surface area contributed by atoms with Crippen molar-refractivity contribution < 1.29 is 23.5 Å². The predicted octanol–water partition coefficient (Wildman–Crippen LogP) is 2.56. The first-order valence-electron chi connectivity index (χ1n) is 8.21. The van der Waals surface area contributed by atoms with E-state index in [0.717, 1.165) is 0 Å². The molecular weight excluding hydrogens is 339 g/mol. The van der Waals surface area contributed by atoms with Crippen molar-refractivity contribution in [2.24, 2.45) is 0 Å². The summed E-state index contributed by atoms with van der Waals surface area (Å²) < 4.78 is 24.3. The number of amides is 2. The predicted molar refractivity (Wildman–Crippen MR) is 94.1 cm³/mol. The number of nitrogens with zero attached hydrogens (tertiary/aromatic N) is 1. The topological polar surface area (TPSA) is 67.9 Å². The van der Waals surface area contributed by atoms with Crippen LogP contribution in [0.4, 0.5) is 10.1 Å². The number of hydrogen-bond acceptors (Lipinski definition) is 4. The van der Waals surface area contributed by atoms with Gasteiger partial charge in [0.1, 0.15) is 11.6 Å². The van der Waals surface area contributed by atoms with Crippen LogP contribution in [0.3, 0.4) is 0 Å². The van der Waals surface area contributed by atoms with Gasteiger partial charge in [-0.05, 0) is 30.3 Å². The standard InChI is InChI=1S/C19H19FN2O4/c1-25-17-7-6-13(19(24)22-8-10-26-11-9-22)12-16(17)21-18(23)14-4-2-3-5-15(14)20/h2-7,12H,8-11H2,1H3,(H,21,23). The Bertz CT molecular complexity index is 819. The molecule has 0 spiro atoms. The zero-order valence-corrected chi connectivity index (χ0v) is 14.3. The largest absolute Gasteiger partial charge is 0.495 e. The van der Waals surface area contributed by atoms with E-state index in [-0.39, 0.29) is 11.5 Å². The summed E-state index contributed by atoms with van der Waals surface area (Å²) in [5, 5.41) is 2.62. The van der Waals surface area contributed by atoms with Gasteiger partial charge in [0.15, 0.2) is 0 Å². The maximum Gasteiger partial charge on any atom is 0.258 e. The number of carbonyl (C=O) groups is 2. The lowest BCUT2D eigenvalue weighted by molar-refractivity contribution is 0.0303.